The van der Waals surface area contributed by atoms with Gasteiger partial charge in [-0.2, -0.15) is 4.37 Å². The fourth-order valence-corrected chi connectivity index (χ4v) is 3.15. The smallest absolute Gasteiger partial charge is 0.271 e. The van der Waals surface area contributed by atoms with Crippen molar-refractivity contribution in [3.63, 3.8) is 0 Å². The molecule has 0 spiro atoms. The Labute approximate surface area is 142 Å². The number of amides is 2. The Balaban J connectivity index is 1.91. The fourth-order valence-electron chi connectivity index (χ4n) is 2.49. The number of carbonyl (C=O) groups excluding carboxylic acids is 2. The Morgan fingerprint density at radius 3 is 2.62 bits per heavy atom. The number of aromatic nitrogens is 3. The average Bonchev–Trinajstić information content (AvgIpc) is 2.97. The molecule has 10 heteroatoms. The second kappa shape index (κ2) is 5.71. The number of anilines is 3. The van der Waals surface area contributed by atoms with E-state index in [1.807, 2.05) is 19.9 Å². The summed E-state index contributed by atoms with van der Waals surface area (Å²) >= 11 is 1.23. The zero-order valence-corrected chi connectivity index (χ0v) is 14.0. The van der Waals surface area contributed by atoms with Gasteiger partial charge in [-0.25, -0.2) is 9.97 Å². The largest absolute Gasteiger partial charge is 0.368 e. The Kier molecular flexibility index (Phi) is 3.84. The van der Waals surface area contributed by atoms with E-state index >= 15 is 0 Å². The van der Waals surface area contributed by atoms with Gasteiger partial charge in [0, 0.05) is 0 Å². The van der Waals surface area contributed by atoms with Crippen molar-refractivity contribution < 1.29 is 9.59 Å². The number of nitrogens with one attached hydrogen (secondary N) is 2. The molecule has 126 valence electrons. The lowest BCUT2D eigenvalue weighted by molar-refractivity contribution is -0.119. The maximum absolute atomic E-state index is 11.7. The van der Waals surface area contributed by atoms with Crippen LogP contribution in [-0.4, -0.2) is 31.7 Å². The van der Waals surface area contributed by atoms with Crippen LogP contribution in [0.4, 0.5) is 16.6 Å². The molecule has 2 aromatic heterocycles. The third kappa shape index (κ3) is 2.87. The second-order valence-corrected chi connectivity index (χ2v) is 6.65. The van der Waals surface area contributed by atoms with Crippen LogP contribution in [0.15, 0.2) is 12.3 Å². The van der Waals surface area contributed by atoms with Crippen LogP contribution in [0.2, 0.25) is 0 Å². The van der Waals surface area contributed by atoms with E-state index < -0.39 is 17.4 Å². The molecular formula is C14H17N7O2S. The van der Waals surface area contributed by atoms with Crippen molar-refractivity contribution in [2.75, 3.05) is 10.6 Å². The first-order valence-corrected chi connectivity index (χ1v) is 8.04. The second-order valence-electron chi connectivity index (χ2n) is 5.84. The highest BCUT2D eigenvalue weighted by atomic mass is 32.1. The number of hydrogen-bond donors (Lipinski definition) is 4. The molecule has 0 aliphatic heterocycles. The highest BCUT2D eigenvalue weighted by Crippen LogP contribution is 2.45. The van der Waals surface area contributed by atoms with Crippen LogP contribution in [0.1, 0.15) is 29.5 Å². The number of nitrogens with zero attached hydrogens (tertiary/aromatic N) is 3. The van der Waals surface area contributed by atoms with Gasteiger partial charge in [0.15, 0.2) is 11.5 Å². The number of carbonyl (C=O) groups is 2. The third-order valence-corrected chi connectivity index (χ3v) is 4.77. The maximum Gasteiger partial charge on any atom is 0.271 e. The molecule has 1 fully saturated rings. The van der Waals surface area contributed by atoms with Gasteiger partial charge in [-0.05, 0) is 36.9 Å². The van der Waals surface area contributed by atoms with Gasteiger partial charge in [-0.15, -0.1) is 0 Å². The van der Waals surface area contributed by atoms with Crippen LogP contribution in [0, 0.1) is 12.8 Å². The van der Waals surface area contributed by atoms with Crippen molar-refractivity contribution >= 4 is 40.0 Å². The van der Waals surface area contributed by atoms with Gasteiger partial charge in [0.05, 0.1) is 11.9 Å². The molecule has 2 amide bonds. The summed E-state index contributed by atoms with van der Waals surface area (Å²) in [4.78, 5) is 31.6. The number of hydrogen-bond acceptors (Lipinski definition) is 8. The maximum atomic E-state index is 11.7. The lowest BCUT2D eigenvalue weighted by Gasteiger charge is -2.16. The lowest BCUT2D eigenvalue weighted by Crippen LogP contribution is -2.39. The molecule has 24 heavy (non-hydrogen) atoms. The topological polar surface area (TPSA) is 149 Å². The van der Waals surface area contributed by atoms with Gasteiger partial charge in [0.25, 0.3) is 5.91 Å². The molecule has 1 saturated carbocycles. The molecule has 2 atom stereocenters. The van der Waals surface area contributed by atoms with Gasteiger partial charge in [-0.1, -0.05) is 6.92 Å². The molecule has 2 aromatic rings. The molecule has 0 aromatic carbocycles. The van der Waals surface area contributed by atoms with E-state index in [1.54, 1.807) is 0 Å². The van der Waals surface area contributed by atoms with Gasteiger partial charge >= 0.3 is 0 Å². The van der Waals surface area contributed by atoms with E-state index in [4.69, 9.17) is 11.5 Å². The molecule has 0 saturated heterocycles. The molecule has 0 radical (unpaired) electrons. The van der Waals surface area contributed by atoms with Crippen molar-refractivity contribution in [2.24, 2.45) is 17.4 Å². The Morgan fingerprint density at radius 2 is 2.12 bits per heavy atom. The van der Waals surface area contributed by atoms with Crippen molar-refractivity contribution in [1.82, 2.24) is 14.3 Å². The van der Waals surface area contributed by atoms with E-state index in [2.05, 4.69) is 25.0 Å². The predicted octanol–water partition coefficient (Wildman–Crippen LogP) is 0.760. The highest BCUT2D eigenvalue weighted by molar-refractivity contribution is 7.10. The molecule has 1 aliphatic carbocycles. The highest BCUT2D eigenvalue weighted by Gasteiger charge is 2.56. The summed E-state index contributed by atoms with van der Waals surface area (Å²) < 4.78 is 4.15. The monoisotopic (exact) mass is 347 g/mol. The Bertz CT molecular complexity index is 821. The summed E-state index contributed by atoms with van der Waals surface area (Å²) in [5.74, 6) is -0.505. The van der Waals surface area contributed by atoms with Gasteiger partial charge in [0.2, 0.25) is 5.91 Å². The van der Waals surface area contributed by atoms with E-state index in [0.29, 0.717) is 17.2 Å². The average molecular weight is 347 g/mol. The summed E-state index contributed by atoms with van der Waals surface area (Å²) in [7, 11) is 0. The number of aryl methyl sites for hydroxylation is 1. The molecule has 2 heterocycles. The van der Waals surface area contributed by atoms with Crippen molar-refractivity contribution in [3.05, 3.63) is 23.7 Å². The Morgan fingerprint density at radius 1 is 1.42 bits per heavy atom. The molecule has 3 rings (SSSR count). The number of nitrogens with two attached hydrogens (primary N) is 2. The number of rotatable bonds is 6. The molecule has 2 unspecified atom stereocenters. The first-order chi connectivity index (χ1) is 11.3. The van der Waals surface area contributed by atoms with E-state index in [0.717, 1.165) is 5.69 Å². The van der Waals surface area contributed by atoms with Crippen molar-refractivity contribution in [3.8, 4) is 0 Å². The summed E-state index contributed by atoms with van der Waals surface area (Å²) in [5, 5.41) is 6.71. The molecular weight excluding hydrogens is 330 g/mol. The standard InChI is InChI=1S/C14H17N7O2S/c1-6-4-14(6,13(16)23)20-8-5-17-10(11(15)22)12(18-8)19-9-3-7(2)21-24-9/h3,5-6H,4H2,1-2H3,(H2,15,22)(H2,16,23)(H2,18,19,20). The zero-order chi connectivity index (χ0) is 17.5. The van der Waals surface area contributed by atoms with Crippen LogP contribution in [-0.2, 0) is 4.79 Å². The van der Waals surface area contributed by atoms with E-state index in [1.165, 1.54) is 17.7 Å². The van der Waals surface area contributed by atoms with Crippen LogP contribution in [0.5, 0.6) is 0 Å². The summed E-state index contributed by atoms with van der Waals surface area (Å²) in [6.45, 7) is 3.77. The first-order valence-electron chi connectivity index (χ1n) is 7.27. The van der Waals surface area contributed by atoms with Gasteiger partial charge in [-0.3, -0.25) is 9.59 Å². The molecule has 9 nitrogen and oxygen atoms in total. The summed E-state index contributed by atoms with van der Waals surface area (Å²) in [6, 6.07) is 1.81. The first kappa shape index (κ1) is 16.1. The van der Waals surface area contributed by atoms with E-state index in [-0.39, 0.29) is 17.4 Å². The van der Waals surface area contributed by atoms with Crippen LogP contribution < -0.4 is 22.1 Å². The van der Waals surface area contributed by atoms with Crippen molar-refractivity contribution in [2.45, 2.75) is 25.8 Å². The van der Waals surface area contributed by atoms with E-state index in [9.17, 15) is 9.59 Å². The minimum absolute atomic E-state index is 0.00331. The quantitative estimate of drug-likeness (QED) is 0.602. The normalized spacial score (nSPS) is 22.0. The lowest BCUT2D eigenvalue weighted by atomic mass is 10.2. The number of primary amides is 2. The molecule has 0 bridgehead atoms. The SMILES string of the molecule is Cc1cc(Nc2nc(NC3(C(N)=O)CC3C)cnc2C(N)=O)sn1. The van der Waals surface area contributed by atoms with Crippen LogP contribution in [0.3, 0.4) is 0 Å². The fraction of sp³-hybridized carbons (Fsp3) is 0.357. The summed E-state index contributed by atoms with van der Waals surface area (Å²) in [5.41, 5.74) is 10.8. The van der Waals surface area contributed by atoms with Crippen LogP contribution >= 0.6 is 11.5 Å². The molecule has 1 aliphatic rings. The van der Waals surface area contributed by atoms with Gasteiger partial charge in [0.1, 0.15) is 16.4 Å². The summed E-state index contributed by atoms with van der Waals surface area (Å²) in [6.07, 6.45) is 1.98. The molecule has 6 N–H and O–H groups in total. The third-order valence-electron chi connectivity index (χ3n) is 3.98. The minimum Gasteiger partial charge on any atom is -0.368 e. The predicted molar refractivity (Wildman–Crippen MR) is 90.0 cm³/mol. The minimum atomic E-state index is -0.818. The van der Waals surface area contributed by atoms with Crippen LogP contribution in [0.25, 0.3) is 0 Å². The zero-order valence-electron chi connectivity index (χ0n) is 13.2. The van der Waals surface area contributed by atoms with Crippen molar-refractivity contribution in [1.29, 1.82) is 0 Å². The Hall–Kier alpha value is -2.75. The van der Waals surface area contributed by atoms with Gasteiger partial charge < -0.3 is 22.1 Å².